The van der Waals surface area contributed by atoms with E-state index in [-0.39, 0.29) is 6.04 Å². The van der Waals surface area contributed by atoms with Crippen molar-refractivity contribution in [2.45, 2.75) is 18.9 Å². The largest absolute Gasteiger partial charge is 0.385 e. The summed E-state index contributed by atoms with van der Waals surface area (Å²) >= 11 is 0. The fourth-order valence-electron chi connectivity index (χ4n) is 3.32. The Morgan fingerprint density at radius 3 is 2.73 bits per heavy atom. The molecule has 0 bridgehead atoms. The molecule has 0 saturated carbocycles. The van der Waals surface area contributed by atoms with Crippen LogP contribution in [0.4, 0.5) is 5.69 Å². The highest BCUT2D eigenvalue weighted by Gasteiger charge is 2.21. The number of anilines is 1. The lowest BCUT2D eigenvalue weighted by atomic mass is 10.1. The van der Waals surface area contributed by atoms with Crippen LogP contribution in [0.5, 0.6) is 0 Å². The molecule has 0 atom stereocenters. The maximum atomic E-state index is 11.2. The fraction of sp³-hybridized carbons (Fsp3) is 0.353. The van der Waals surface area contributed by atoms with Gasteiger partial charge in [0.15, 0.2) is 11.9 Å². The Balaban J connectivity index is 1.67. The molecule has 1 aliphatic rings. The van der Waals surface area contributed by atoms with E-state index in [0.29, 0.717) is 17.0 Å². The second kappa shape index (κ2) is 6.58. The minimum Gasteiger partial charge on any atom is -0.385 e. The number of likely N-dealkylation sites (tertiary alicyclic amines) is 1. The fourth-order valence-corrected chi connectivity index (χ4v) is 3.32. The minimum atomic E-state index is 0.270. The summed E-state index contributed by atoms with van der Waals surface area (Å²) in [5.41, 5.74) is 3.36. The summed E-state index contributed by atoms with van der Waals surface area (Å²) in [5.74, 6) is 0. The molecule has 0 radical (unpaired) electrons. The molecule has 0 spiro atoms. The van der Waals surface area contributed by atoms with Gasteiger partial charge < -0.3 is 10.2 Å². The van der Waals surface area contributed by atoms with Crippen molar-refractivity contribution in [3.63, 3.8) is 0 Å². The average Bonchev–Trinajstić information content (AvgIpc) is 3.34. The first-order valence-corrected chi connectivity index (χ1v) is 8.49. The van der Waals surface area contributed by atoms with Crippen molar-refractivity contribution in [1.29, 1.82) is 0 Å². The molecule has 134 valence electrons. The zero-order valence-electron chi connectivity index (χ0n) is 14.4. The van der Waals surface area contributed by atoms with E-state index in [1.807, 2.05) is 16.9 Å². The van der Waals surface area contributed by atoms with Crippen molar-refractivity contribution in [1.82, 2.24) is 29.3 Å². The highest BCUT2D eigenvalue weighted by molar-refractivity contribution is 5.79. The topological polar surface area (TPSA) is 97.4 Å². The van der Waals surface area contributed by atoms with Gasteiger partial charge in [-0.25, -0.2) is 9.50 Å². The van der Waals surface area contributed by atoms with Crippen molar-refractivity contribution in [2.24, 2.45) is 0 Å². The molecule has 0 aromatic carbocycles. The molecule has 4 heterocycles. The number of carbonyl (C=O) groups is 2. The van der Waals surface area contributed by atoms with Gasteiger partial charge in [-0.05, 0) is 18.9 Å². The smallest absolute Gasteiger partial charge is 0.209 e. The number of hydrogen-bond acceptors (Lipinski definition) is 6. The molecule has 1 fully saturated rings. The molecule has 3 aromatic rings. The number of nitrogens with one attached hydrogen (secondary N) is 1. The number of piperidine rings is 1. The van der Waals surface area contributed by atoms with Gasteiger partial charge in [0.1, 0.15) is 5.69 Å². The summed E-state index contributed by atoms with van der Waals surface area (Å²) in [6, 6.07) is 2.17. The SMILES string of the molecule is CNc1cc(-c2cnn(C3CCN(C=O)CC3)c2)nn2c(C=O)cnc12. The van der Waals surface area contributed by atoms with Crippen LogP contribution >= 0.6 is 0 Å². The van der Waals surface area contributed by atoms with Gasteiger partial charge in [0.25, 0.3) is 0 Å². The molecule has 9 heteroatoms. The number of aldehydes is 1. The third-order valence-corrected chi connectivity index (χ3v) is 4.80. The summed E-state index contributed by atoms with van der Waals surface area (Å²) < 4.78 is 3.48. The Hall–Kier alpha value is -3.23. The van der Waals surface area contributed by atoms with Crippen LogP contribution in [0.2, 0.25) is 0 Å². The van der Waals surface area contributed by atoms with Gasteiger partial charge in [0, 0.05) is 31.9 Å². The first-order chi connectivity index (χ1) is 12.7. The van der Waals surface area contributed by atoms with Crippen LogP contribution in [0.25, 0.3) is 16.9 Å². The standard InChI is InChI=1S/C17H19N7O2/c1-18-16-6-15(21-24-14(10-25)8-19-17(16)24)12-7-20-23(9-12)13-2-4-22(11-26)5-3-13/h6-11,13,18H,2-5H2,1H3. The molecule has 4 rings (SSSR count). The lowest BCUT2D eigenvalue weighted by Crippen LogP contribution is -2.33. The van der Waals surface area contributed by atoms with Gasteiger partial charge in [0.05, 0.1) is 29.8 Å². The Kier molecular flexibility index (Phi) is 4.11. The summed E-state index contributed by atoms with van der Waals surface area (Å²) in [4.78, 5) is 28.1. The molecule has 1 amide bonds. The van der Waals surface area contributed by atoms with E-state index in [9.17, 15) is 9.59 Å². The monoisotopic (exact) mass is 353 g/mol. The van der Waals surface area contributed by atoms with Crippen LogP contribution in [0.1, 0.15) is 29.4 Å². The van der Waals surface area contributed by atoms with Crippen LogP contribution in [0, 0.1) is 0 Å². The van der Waals surface area contributed by atoms with Crippen molar-refractivity contribution in [2.75, 3.05) is 25.5 Å². The number of amides is 1. The predicted octanol–water partition coefficient (Wildman–Crippen LogP) is 1.24. The number of aromatic nitrogens is 5. The van der Waals surface area contributed by atoms with Crippen LogP contribution in [0.15, 0.2) is 24.7 Å². The van der Waals surface area contributed by atoms with Gasteiger partial charge in [-0.15, -0.1) is 0 Å². The normalized spacial score (nSPS) is 15.3. The van der Waals surface area contributed by atoms with Gasteiger partial charge in [-0.1, -0.05) is 0 Å². The summed E-state index contributed by atoms with van der Waals surface area (Å²) in [6.07, 6.45) is 8.64. The van der Waals surface area contributed by atoms with E-state index in [2.05, 4.69) is 20.5 Å². The van der Waals surface area contributed by atoms with Gasteiger partial charge in [0.2, 0.25) is 6.41 Å². The molecular formula is C17H19N7O2. The first-order valence-electron chi connectivity index (χ1n) is 8.49. The number of fused-ring (bicyclic) bond motifs is 1. The summed E-state index contributed by atoms with van der Waals surface area (Å²) in [7, 11) is 1.80. The Labute approximate surface area is 149 Å². The zero-order valence-corrected chi connectivity index (χ0v) is 14.4. The number of imidazole rings is 1. The Bertz CT molecular complexity index is 953. The van der Waals surface area contributed by atoms with Crippen molar-refractivity contribution in [3.8, 4) is 11.3 Å². The van der Waals surface area contributed by atoms with Gasteiger partial charge >= 0.3 is 0 Å². The van der Waals surface area contributed by atoms with Gasteiger partial charge in [-0.2, -0.15) is 10.2 Å². The van der Waals surface area contributed by atoms with Crippen molar-refractivity contribution >= 4 is 24.0 Å². The van der Waals surface area contributed by atoms with E-state index < -0.39 is 0 Å². The Morgan fingerprint density at radius 1 is 1.23 bits per heavy atom. The number of rotatable bonds is 5. The van der Waals surface area contributed by atoms with Crippen LogP contribution in [-0.2, 0) is 4.79 Å². The second-order valence-corrected chi connectivity index (χ2v) is 6.31. The van der Waals surface area contributed by atoms with E-state index in [1.54, 1.807) is 18.1 Å². The average molecular weight is 353 g/mol. The number of carbonyl (C=O) groups excluding carboxylic acids is 2. The minimum absolute atomic E-state index is 0.270. The maximum absolute atomic E-state index is 11.2. The molecule has 0 aliphatic carbocycles. The van der Waals surface area contributed by atoms with E-state index in [1.165, 1.54) is 10.7 Å². The molecule has 3 aromatic heterocycles. The lowest BCUT2D eigenvalue weighted by Gasteiger charge is -2.29. The maximum Gasteiger partial charge on any atom is 0.209 e. The van der Waals surface area contributed by atoms with Crippen LogP contribution < -0.4 is 5.32 Å². The lowest BCUT2D eigenvalue weighted by molar-refractivity contribution is -0.119. The predicted molar refractivity (Wildman–Crippen MR) is 95.1 cm³/mol. The summed E-state index contributed by atoms with van der Waals surface area (Å²) in [6.45, 7) is 1.49. The number of nitrogens with zero attached hydrogens (tertiary/aromatic N) is 6. The van der Waals surface area contributed by atoms with E-state index >= 15 is 0 Å². The third-order valence-electron chi connectivity index (χ3n) is 4.80. The first kappa shape index (κ1) is 16.2. The van der Waals surface area contributed by atoms with E-state index in [0.717, 1.165) is 49.9 Å². The molecule has 1 saturated heterocycles. The summed E-state index contributed by atoms with van der Waals surface area (Å²) in [5, 5.41) is 12.1. The number of hydrogen-bond donors (Lipinski definition) is 1. The molecule has 1 aliphatic heterocycles. The molecule has 0 unspecified atom stereocenters. The van der Waals surface area contributed by atoms with Crippen molar-refractivity contribution in [3.05, 3.63) is 30.4 Å². The molecule has 1 N–H and O–H groups in total. The Morgan fingerprint density at radius 2 is 2.04 bits per heavy atom. The highest BCUT2D eigenvalue weighted by Crippen LogP contribution is 2.26. The quantitative estimate of drug-likeness (QED) is 0.693. The molecule has 9 nitrogen and oxygen atoms in total. The van der Waals surface area contributed by atoms with Gasteiger partial charge in [-0.3, -0.25) is 14.3 Å². The zero-order chi connectivity index (χ0) is 18.1. The highest BCUT2D eigenvalue weighted by atomic mass is 16.1. The van der Waals surface area contributed by atoms with E-state index in [4.69, 9.17) is 0 Å². The second-order valence-electron chi connectivity index (χ2n) is 6.31. The van der Waals surface area contributed by atoms with Crippen molar-refractivity contribution < 1.29 is 9.59 Å². The molecule has 26 heavy (non-hydrogen) atoms. The van der Waals surface area contributed by atoms with Crippen LogP contribution in [0.3, 0.4) is 0 Å². The third kappa shape index (κ3) is 2.71. The molecular weight excluding hydrogens is 334 g/mol. The van der Waals surface area contributed by atoms with Crippen LogP contribution in [-0.4, -0.2) is 62.1 Å².